The fourth-order valence-electron chi connectivity index (χ4n) is 5.31. The molecule has 38 heavy (non-hydrogen) atoms. The number of carbonyl (C=O) groups excluding carboxylic acids is 1. The number of anilines is 1. The van der Waals surface area contributed by atoms with E-state index in [2.05, 4.69) is 20.1 Å². The average molecular weight is 545 g/mol. The average Bonchev–Trinajstić information content (AvgIpc) is 3.52. The zero-order valence-corrected chi connectivity index (χ0v) is 20.8. The zero-order valence-electron chi connectivity index (χ0n) is 20.1. The Labute approximate surface area is 217 Å². The van der Waals surface area contributed by atoms with Crippen LogP contribution in [0.5, 0.6) is 0 Å². The highest BCUT2D eigenvalue weighted by atomic mass is 35.5. The van der Waals surface area contributed by atoms with Gasteiger partial charge in [-0.2, -0.15) is 18.3 Å². The van der Waals surface area contributed by atoms with Gasteiger partial charge >= 0.3 is 11.9 Å². The number of nitrogens with one attached hydrogen (secondary N) is 2. The minimum absolute atomic E-state index is 0.0600. The number of amides is 1. The van der Waals surface area contributed by atoms with Crippen LogP contribution in [0.3, 0.4) is 0 Å². The Morgan fingerprint density at radius 3 is 2.63 bits per heavy atom. The van der Waals surface area contributed by atoms with E-state index in [1.165, 1.54) is 16.9 Å². The van der Waals surface area contributed by atoms with Gasteiger partial charge in [-0.25, -0.2) is 14.3 Å². The maximum Gasteiger partial charge on any atom is 0.406 e. The van der Waals surface area contributed by atoms with Crippen molar-refractivity contribution < 1.29 is 18.0 Å². The molecule has 0 saturated heterocycles. The smallest absolute Gasteiger partial charge is 0.313 e. The van der Waals surface area contributed by atoms with Gasteiger partial charge in [0.25, 0.3) is 5.56 Å². The fourth-order valence-corrected chi connectivity index (χ4v) is 5.47. The molecule has 2 atom stereocenters. The topological polar surface area (TPSA) is 116 Å². The molecule has 1 amide bonds. The number of imidazole rings is 1. The first-order valence-corrected chi connectivity index (χ1v) is 12.1. The lowest BCUT2D eigenvalue weighted by atomic mass is 9.85. The van der Waals surface area contributed by atoms with E-state index in [4.69, 9.17) is 11.6 Å². The summed E-state index contributed by atoms with van der Waals surface area (Å²) in [5.41, 5.74) is 0.927. The first-order valence-electron chi connectivity index (χ1n) is 11.7. The Balaban J connectivity index is 1.41. The van der Waals surface area contributed by atoms with Crippen LogP contribution >= 0.6 is 11.6 Å². The van der Waals surface area contributed by atoms with Crippen molar-refractivity contribution in [3.05, 3.63) is 79.3 Å². The second kappa shape index (κ2) is 8.03. The lowest BCUT2D eigenvalue weighted by Gasteiger charge is -2.21. The summed E-state index contributed by atoms with van der Waals surface area (Å²) in [6.07, 6.45) is -1.17. The van der Waals surface area contributed by atoms with Gasteiger partial charge in [0, 0.05) is 17.4 Å². The molecular formula is C25H20ClF3N6O3. The number of aromatic nitrogens is 5. The number of hydrogen-bond acceptors (Lipinski definition) is 5. The van der Waals surface area contributed by atoms with E-state index < -0.39 is 35.3 Å². The Bertz CT molecular complexity index is 1760. The van der Waals surface area contributed by atoms with Crippen LogP contribution in [0.4, 0.5) is 18.9 Å². The normalized spacial score (nSPS) is 20.3. The Morgan fingerprint density at radius 1 is 1.16 bits per heavy atom. The molecule has 0 radical (unpaired) electrons. The molecule has 4 heterocycles. The van der Waals surface area contributed by atoms with Crippen molar-refractivity contribution in [2.24, 2.45) is 0 Å². The van der Waals surface area contributed by atoms with Gasteiger partial charge in [-0.1, -0.05) is 23.7 Å². The summed E-state index contributed by atoms with van der Waals surface area (Å²) in [6.45, 7) is 1.90. The molecule has 2 N–H and O–H groups in total. The Kier molecular flexibility index (Phi) is 5.16. The third kappa shape index (κ3) is 3.82. The summed E-state index contributed by atoms with van der Waals surface area (Å²) < 4.78 is 41.3. The van der Waals surface area contributed by atoms with Crippen LogP contribution in [0, 0.1) is 0 Å². The summed E-state index contributed by atoms with van der Waals surface area (Å²) in [6, 6.07) is 6.96. The van der Waals surface area contributed by atoms with Crippen molar-refractivity contribution in [2.45, 2.75) is 43.7 Å². The van der Waals surface area contributed by atoms with Crippen molar-refractivity contribution in [2.75, 3.05) is 11.4 Å². The lowest BCUT2D eigenvalue weighted by Crippen LogP contribution is -2.41. The van der Waals surface area contributed by atoms with Crippen LogP contribution in [0.25, 0.3) is 16.9 Å². The number of alkyl halides is 3. The van der Waals surface area contributed by atoms with E-state index in [1.54, 1.807) is 32.0 Å². The first-order chi connectivity index (χ1) is 17.8. The molecule has 196 valence electrons. The fraction of sp³-hybridized carbons (Fsp3) is 0.320. The Hall–Kier alpha value is -3.93. The summed E-state index contributed by atoms with van der Waals surface area (Å²) in [7, 11) is 0. The largest absolute Gasteiger partial charge is 0.406 e. The van der Waals surface area contributed by atoms with Gasteiger partial charge < -0.3 is 9.88 Å². The van der Waals surface area contributed by atoms with Gasteiger partial charge in [0.15, 0.2) is 10.8 Å². The molecule has 0 unspecified atom stereocenters. The molecule has 1 aromatic carbocycles. The van der Waals surface area contributed by atoms with Crippen LogP contribution in [0.15, 0.2) is 46.2 Å². The van der Waals surface area contributed by atoms with Crippen LogP contribution in [-0.4, -0.2) is 43.2 Å². The monoisotopic (exact) mass is 544 g/mol. The standard InChI is InChI=1S/C25H20ClF3N6O3/c1-24(2)16-4-3-11(5-18(16)34(22(24)37)10-25(27,28)29)12-6-13(12)14-7-17(15-8-31-23(38)32-21(15)36)33-35-19(26)9-30-20(14)35/h3-5,7-9,12-13H,6,10H2,1-2H3,(H2,31,32,36,38)/t12-,13+/m1/s1. The van der Waals surface area contributed by atoms with Crippen LogP contribution in [0.2, 0.25) is 5.15 Å². The quantitative estimate of drug-likeness (QED) is 0.404. The SMILES string of the molecule is CC1(C)C(=O)N(CC(F)(F)F)c2cc([C@H]3C[C@@H]3c3cc(-c4c[nH]c(=O)[nH]c4=O)nn4c(Cl)cnc34)ccc21. The number of halogens is 4. The highest BCUT2D eigenvalue weighted by molar-refractivity contribution is 6.29. The van der Waals surface area contributed by atoms with Crippen molar-refractivity contribution >= 4 is 28.8 Å². The second-order valence-corrected chi connectivity index (χ2v) is 10.5. The van der Waals surface area contributed by atoms with Gasteiger partial charge in [0.2, 0.25) is 5.91 Å². The van der Waals surface area contributed by atoms with Crippen molar-refractivity contribution in [3.8, 4) is 11.3 Å². The third-order valence-electron chi connectivity index (χ3n) is 7.27. The molecule has 1 fully saturated rings. The van der Waals surface area contributed by atoms with Gasteiger partial charge in [0.1, 0.15) is 6.54 Å². The summed E-state index contributed by atoms with van der Waals surface area (Å²) >= 11 is 6.29. The minimum atomic E-state index is -4.54. The molecule has 2 aliphatic rings. The van der Waals surface area contributed by atoms with E-state index in [1.807, 2.05) is 6.07 Å². The van der Waals surface area contributed by atoms with Gasteiger partial charge in [-0.05, 0) is 55.4 Å². The molecule has 4 aromatic rings. The predicted molar refractivity (Wildman–Crippen MR) is 133 cm³/mol. The van der Waals surface area contributed by atoms with Crippen molar-refractivity contribution in [1.82, 2.24) is 24.6 Å². The van der Waals surface area contributed by atoms with Crippen molar-refractivity contribution in [3.63, 3.8) is 0 Å². The molecule has 1 aliphatic carbocycles. The number of fused-ring (bicyclic) bond motifs is 2. The number of H-pyrrole nitrogens is 2. The number of hydrogen-bond donors (Lipinski definition) is 2. The maximum absolute atomic E-state index is 13.3. The highest BCUT2D eigenvalue weighted by Crippen LogP contribution is 2.57. The van der Waals surface area contributed by atoms with Gasteiger partial charge in [-0.3, -0.25) is 14.6 Å². The molecule has 9 nitrogen and oxygen atoms in total. The third-order valence-corrected chi connectivity index (χ3v) is 7.53. The minimum Gasteiger partial charge on any atom is -0.313 e. The highest BCUT2D eigenvalue weighted by Gasteiger charge is 2.49. The van der Waals surface area contributed by atoms with E-state index in [-0.39, 0.29) is 33.9 Å². The van der Waals surface area contributed by atoms with E-state index >= 15 is 0 Å². The lowest BCUT2D eigenvalue weighted by molar-refractivity contribution is -0.134. The van der Waals surface area contributed by atoms with Crippen LogP contribution in [-0.2, 0) is 10.2 Å². The zero-order chi connectivity index (χ0) is 27.1. The summed E-state index contributed by atoms with van der Waals surface area (Å²) in [5, 5.41) is 4.63. The van der Waals surface area contributed by atoms with Crippen molar-refractivity contribution in [1.29, 1.82) is 0 Å². The van der Waals surface area contributed by atoms with Gasteiger partial charge in [0.05, 0.1) is 22.9 Å². The predicted octanol–water partition coefficient (Wildman–Crippen LogP) is 3.88. The molecule has 3 aromatic heterocycles. The number of carbonyl (C=O) groups is 1. The second-order valence-electron chi connectivity index (χ2n) is 10.1. The molecule has 0 bridgehead atoms. The first kappa shape index (κ1) is 24.4. The summed E-state index contributed by atoms with van der Waals surface area (Å²) in [5.74, 6) is -0.734. The number of rotatable bonds is 4. The van der Waals surface area contributed by atoms with E-state index in [9.17, 15) is 27.6 Å². The molecule has 13 heteroatoms. The molecule has 1 saturated carbocycles. The number of benzene rings is 1. The molecule has 1 aliphatic heterocycles. The van der Waals surface area contributed by atoms with Crippen LogP contribution < -0.4 is 16.1 Å². The molecular weight excluding hydrogens is 525 g/mol. The van der Waals surface area contributed by atoms with E-state index in [0.29, 0.717) is 17.6 Å². The molecule has 0 spiro atoms. The molecule has 6 rings (SSSR count). The summed E-state index contributed by atoms with van der Waals surface area (Å²) in [4.78, 5) is 46.5. The Morgan fingerprint density at radius 2 is 1.92 bits per heavy atom. The number of nitrogens with zero attached hydrogens (tertiary/aromatic N) is 4. The van der Waals surface area contributed by atoms with Crippen LogP contribution in [0.1, 0.15) is 48.8 Å². The van der Waals surface area contributed by atoms with Gasteiger partial charge in [-0.15, -0.1) is 0 Å². The number of aromatic amines is 2. The van der Waals surface area contributed by atoms with E-state index in [0.717, 1.165) is 16.0 Å². The maximum atomic E-state index is 13.3.